The summed E-state index contributed by atoms with van der Waals surface area (Å²) in [6, 6.07) is 4.15. The van der Waals surface area contributed by atoms with Crippen LogP contribution in [0.2, 0.25) is 5.02 Å². The second-order valence-electron chi connectivity index (χ2n) is 4.07. The van der Waals surface area contributed by atoms with Gasteiger partial charge in [-0.2, -0.15) is 0 Å². The zero-order valence-electron chi connectivity index (χ0n) is 9.38. The van der Waals surface area contributed by atoms with E-state index in [4.69, 9.17) is 11.6 Å². The molecule has 1 atom stereocenters. The zero-order valence-corrected chi connectivity index (χ0v) is 10.1. The van der Waals surface area contributed by atoms with Gasteiger partial charge in [0.05, 0.1) is 22.2 Å². The van der Waals surface area contributed by atoms with Gasteiger partial charge in [-0.1, -0.05) is 11.6 Å². The quantitative estimate of drug-likeness (QED) is 0.648. The van der Waals surface area contributed by atoms with Crippen LogP contribution in [-0.2, 0) is 4.79 Å². The molecule has 0 saturated carbocycles. The minimum Gasteiger partial charge on any atom is -0.383 e. The molecule has 1 aromatic carbocycles. The first-order chi connectivity index (χ1) is 8.49. The van der Waals surface area contributed by atoms with Crippen molar-refractivity contribution in [3.05, 3.63) is 33.3 Å². The van der Waals surface area contributed by atoms with Crippen LogP contribution in [0.25, 0.3) is 0 Å². The third-order valence-electron chi connectivity index (χ3n) is 2.88. The number of rotatable bonds is 2. The molecule has 6 nitrogen and oxygen atoms in total. The first-order valence-corrected chi connectivity index (χ1v) is 5.76. The Kier molecular flexibility index (Phi) is 3.49. The minimum absolute atomic E-state index is 0.0858. The van der Waals surface area contributed by atoms with E-state index in [2.05, 4.69) is 0 Å². The van der Waals surface area contributed by atoms with Crippen molar-refractivity contribution in [1.29, 1.82) is 0 Å². The van der Waals surface area contributed by atoms with Gasteiger partial charge < -0.3 is 10.0 Å². The fraction of sp³-hybridized carbons (Fsp3) is 0.364. The summed E-state index contributed by atoms with van der Waals surface area (Å²) in [6.07, 6.45) is -0.779. The summed E-state index contributed by atoms with van der Waals surface area (Å²) in [7, 11) is 0. The average molecular weight is 271 g/mol. The second kappa shape index (κ2) is 4.91. The number of benzene rings is 1. The molecule has 1 unspecified atom stereocenters. The van der Waals surface area contributed by atoms with Gasteiger partial charge in [-0.15, -0.1) is 0 Å². The summed E-state index contributed by atoms with van der Waals surface area (Å²) >= 11 is 5.98. The molecule has 1 heterocycles. The standard InChI is InChI=1S/C11H11ClN2O4/c12-8-5-7(14(17)18)1-2-9(8)13-4-3-10(15)11(16)6-13/h1-2,5,11,16H,3-4,6H2. The highest BCUT2D eigenvalue weighted by atomic mass is 35.5. The van der Waals surface area contributed by atoms with E-state index in [1.807, 2.05) is 0 Å². The lowest BCUT2D eigenvalue weighted by atomic mass is 10.1. The number of piperidine rings is 1. The lowest BCUT2D eigenvalue weighted by Gasteiger charge is -2.31. The third-order valence-corrected chi connectivity index (χ3v) is 3.18. The lowest BCUT2D eigenvalue weighted by molar-refractivity contribution is -0.384. The summed E-state index contributed by atoms with van der Waals surface area (Å²) in [5.74, 6) is -0.190. The van der Waals surface area contributed by atoms with Crippen LogP contribution in [0.1, 0.15) is 6.42 Å². The van der Waals surface area contributed by atoms with Crippen LogP contribution >= 0.6 is 11.6 Å². The smallest absolute Gasteiger partial charge is 0.271 e. The number of nitro benzene ring substituents is 1. The number of β-amino-alcohol motifs (C(OH)–C–C–N with tert-alkyl or cyclic N) is 1. The van der Waals surface area contributed by atoms with Crippen LogP contribution in [0, 0.1) is 10.1 Å². The number of non-ortho nitro benzene ring substituents is 1. The molecule has 1 N–H and O–H groups in total. The fourth-order valence-corrected chi connectivity index (χ4v) is 2.19. The van der Waals surface area contributed by atoms with Crippen LogP contribution in [0.5, 0.6) is 0 Å². The Morgan fingerprint density at radius 3 is 2.78 bits per heavy atom. The molecule has 18 heavy (non-hydrogen) atoms. The number of nitro groups is 1. The molecule has 1 fully saturated rings. The van der Waals surface area contributed by atoms with E-state index in [0.29, 0.717) is 12.2 Å². The highest BCUT2D eigenvalue weighted by Crippen LogP contribution is 2.31. The number of hydrogen-bond donors (Lipinski definition) is 1. The normalized spacial score (nSPS) is 20.0. The van der Waals surface area contributed by atoms with Crippen LogP contribution < -0.4 is 4.90 Å². The number of aliphatic hydroxyl groups excluding tert-OH is 1. The Morgan fingerprint density at radius 2 is 2.22 bits per heavy atom. The number of carbonyl (C=O) groups is 1. The van der Waals surface area contributed by atoms with E-state index in [1.165, 1.54) is 18.2 Å². The van der Waals surface area contributed by atoms with Crippen molar-refractivity contribution in [3.63, 3.8) is 0 Å². The minimum atomic E-state index is -1.02. The van der Waals surface area contributed by atoms with Crippen LogP contribution in [0.4, 0.5) is 11.4 Å². The van der Waals surface area contributed by atoms with Gasteiger partial charge in [-0.05, 0) is 6.07 Å². The number of ketones is 1. The number of carbonyl (C=O) groups excluding carboxylic acids is 1. The maximum Gasteiger partial charge on any atom is 0.271 e. The highest BCUT2D eigenvalue weighted by Gasteiger charge is 2.26. The molecular weight excluding hydrogens is 260 g/mol. The van der Waals surface area contributed by atoms with Crippen molar-refractivity contribution in [2.24, 2.45) is 0 Å². The molecule has 0 aromatic heterocycles. The van der Waals surface area contributed by atoms with Gasteiger partial charge in [0.25, 0.3) is 5.69 Å². The predicted molar refractivity (Wildman–Crippen MR) is 66.0 cm³/mol. The molecule has 1 saturated heterocycles. The van der Waals surface area contributed by atoms with Gasteiger partial charge in [0, 0.05) is 25.1 Å². The summed E-state index contributed by atoms with van der Waals surface area (Å²) in [5.41, 5.74) is 0.506. The molecule has 2 rings (SSSR count). The van der Waals surface area contributed by atoms with E-state index in [9.17, 15) is 20.0 Å². The summed E-state index contributed by atoms with van der Waals surface area (Å²) in [4.78, 5) is 23.0. The van der Waals surface area contributed by atoms with E-state index in [-0.39, 0.29) is 29.5 Å². The molecule has 0 bridgehead atoms. The molecule has 1 aromatic rings. The van der Waals surface area contributed by atoms with Gasteiger partial charge in [0.2, 0.25) is 0 Å². The topological polar surface area (TPSA) is 83.7 Å². The average Bonchev–Trinajstić information content (AvgIpc) is 2.32. The molecule has 1 aliphatic rings. The summed E-state index contributed by atoms with van der Waals surface area (Å²) in [6.45, 7) is 0.615. The number of hydrogen-bond acceptors (Lipinski definition) is 5. The van der Waals surface area contributed by atoms with E-state index in [0.717, 1.165) is 0 Å². The van der Waals surface area contributed by atoms with Gasteiger partial charge in [-0.25, -0.2) is 0 Å². The Bertz CT molecular complexity index is 506. The van der Waals surface area contributed by atoms with E-state index in [1.54, 1.807) is 4.90 Å². The van der Waals surface area contributed by atoms with Crippen LogP contribution in [-0.4, -0.2) is 35.0 Å². The number of nitrogens with zero attached hydrogens (tertiary/aromatic N) is 2. The fourth-order valence-electron chi connectivity index (χ4n) is 1.90. The molecule has 0 amide bonds. The van der Waals surface area contributed by atoms with Gasteiger partial charge in [-0.3, -0.25) is 14.9 Å². The number of aliphatic hydroxyl groups is 1. The molecule has 0 radical (unpaired) electrons. The van der Waals surface area contributed by atoms with Crippen molar-refractivity contribution in [2.45, 2.75) is 12.5 Å². The first kappa shape index (κ1) is 12.8. The second-order valence-corrected chi connectivity index (χ2v) is 4.48. The monoisotopic (exact) mass is 270 g/mol. The van der Waals surface area contributed by atoms with Crippen molar-refractivity contribution in [2.75, 3.05) is 18.0 Å². The van der Waals surface area contributed by atoms with Crippen molar-refractivity contribution >= 4 is 28.8 Å². The molecular formula is C11H11ClN2O4. The van der Waals surface area contributed by atoms with Crippen molar-refractivity contribution < 1.29 is 14.8 Å². The molecule has 1 aliphatic heterocycles. The van der Waals surface area contributed by atoms with Gasteiger partial charge >= 0.3 is 0 Å². The largest absolute Gasteiger partial charge is 0.383 e. The maximum absolute atomic E-state index is 11.2. The first-order valence-electron chi connectivity index (χ1n) is 5.38. The molecule has 96 valence electrons. The Hall–Kier alpha value is -1.66. The van der Waals surface area contributed by atoms with Crippen molar-refractivity contribution in [1.82, 2.24) is 0 Å². The number of Topliss-reactive ketones (excluding diaryl/α,β-unsaturated/α-hetero) is 1. The highest BCUT2D eigenvalue weighted by molar-refractivity contribution is 6.33. The Morgan fingerprint density at radius 1 is 1.50 bits per heavy atom. The van der Waals surface area contributed by atoms with Crippen molar-refractivity contribution in [3.8, 4) is 0 Å². The molecule has 0 aliphatic carbocycles. The van der Waals surface area contributed by atoms with Gasteiger partial charge in [0.1, 0.15) is 6.10 Å². The SMILES string of the molecule is O=C1CCN(c2ccc([N+](=O)[O-])cc2Cl)CC1O. The Labute approximate surface area is 108 Å². The summed E-state index contributed by atoms with van der Waals surface area (Å²) < 4.78 is 0. The predicted octanol–water partition coefficient (Wildman–Crippen LogP) is 1.39. The maximum atomic E-state index is 11.2. The third kappa shape index (κ3) is 2.44. The van der Waals surface area contributed by atoms with Crippen LogP contribution in [0.15, 0.2) is 18.2 Å². The molecule has 7 heteroatoms. The molecule has 0 spiro atoms. The van der Waals surface area contributed by atoms with E-state index >= 15 is 0 Å². The lowest BCUT2D eigenvalue weighted by Crippen LogP contribution is -2.44. The Balaban J connectivity index is 2.24. The number of halogens is 1. The zero-order chi connectivity index (χ0) is 13.3. The number of anilines is 1. The van der Waals surface area contributed by atoms with Gasteiger partial charge in [0.15, 0.2) is 5.78 Å². The van der Waals surface area contributed by atoms with E-state index < -0.39 is 11.0 Å². The summed E-state index contributed by atoms with van der Waals surface area (Å²) in [5, 5.41) is 20.3. The van der Waals surface area contributed by atoms with Crippen LogP contribution in [0.3, 0.4) is 0 Å².